The highest BCUT2D eigenvalue weighted by Gasteiger charge is 2.19. The van der Waals surface area contributed by atoms with Crippen LogP contribution in [0.2, 0.25) is 0 Å². The highest BCUT2D eigenvalue weighted by atomic mass is 16.5. The molecule has 0 saturated carbocycles. The second kappa shape index (κ2) is 7.81. The van der Waals surface area contributed by atoms with Crippen LogP contribution in [0.3, 0.4) is 0 Å². The number of para-hydroxylation sites is 1. The first-order chi connectivity index (χ1) is 12.2. The summed E-state index contributed by atoms with van der Waals surface area (Å²) in [6.45, 7) is 2.96. The van der Waals surface area contributed by atoms with Gasteiger partial charge in [-0.05, 0) is 30.7 Å². The van der Waals surface area contributed by atoms with Crippen LogP contribution in [-0.4, -0.2) is 30.7 Å². The van der Waals surface area contributed by atoms with Crippen LogP contribution < -0.4 is 5.32 Å². The Bertz CT molecular complexity index is 839. The molecule has 0 aliphatic carbocycles. The largest absolute Gasteiger partial charge is 0.383 e. The molecule has 0 radical (unpaired) electrons. The van der Waals surface area contributed by atoms with Crippen molar-refractivity contribution in [3.63, 3.8) is 0 Å². The Labute approximate surface area is 148 Å². The molecule has 0 fully saturated rings. The summed E-state index contributed by atoms with van der Waals surface area (Å²) in [6, 6.07) is 22.2. The van der Waals surface area contributed by atoms with Gasteiger partial charge in [0.2, 0.25) is 0 Å². The summed E-state index contributed by atoms with van der Waals surface area (Å²) in [6.07, 6.45) is 0. The molecule has 3 rings (SSSR count). The number of hydrogen-bond acceptors (Lipinski definition) is 2. The van der Waals surface area contributed by atoms with Crippen LogP contribution in [-0.2, 0) is 4.74 Å². The van der Waals surface area contributed by atoms with E-state index in [4.69, 9.17) is 4.74 Å². The molecule has 0 spiro atoms. The molecule has 0 bridgehead atoms. The van der Waals surface area contributed by atoms with Crippen LogP contribution in [0.15, 0.2) is 66.7 Å². The zero-order chi connectivity index (χ0) is 17.6. The first kappa shape index (κ1) is 17.0. The number of carbonyl (C=O) groups excluding carboxylic acids is 1. The van der Waals surface area contributed by atoms with Gasteiger partial charge in [-0.3, -0.25) is 4.79 Å². The third kappa shape index (κ3) is 3.64. The Balaban J connectivity index is 2.07. The zero-order valence-corrected chi connectivity index (χ0v) is 14.5. The number of hydrogen-bond donors (Lipinski definition) is 1. The molecule has 0 aliphatic heterocycles. The number of benzene rings is 2. The van der Waals surface area contributed by atoms with E-state index in [2.05, 4.69) is 22.0 Å². The van der Waals surface area contributed by atoms with Crippen molar-refractivity contribution in [3.05, 3.63) is 78.0 Å². The lowest BCUT2D eigenvalue weighted by atomic mass is 10.1. The first-order valence-electron chi connectivity index (χ1n) is 8.32. The van der Waals surface area contributed by atoms with Gasteiger partial charge in [0.05, 0.1) is 17.9 Å². The summed E-state index contributed by atoms with van der Waals surface area (Å²) in [4.78, 5) is 12.6. The first-order valence-corrected chi connectivity index (χ1v) is 8.32. The Kier molecular flexibility index (Phi) is 5.31. The van der Waals surface area contributed by atoms with Crippen molar-refractivity contribution in [1.29, 1.82) is 0 Å². The third-order valence-corrected chi connectivity index (χ3v) is 4.17. The number of nitrogens with zero attached hydrogens (tertiary/aromatic N) is 1. The van der Waals surface area contributed by atoms with E-state index < -0.39 is 0 Å². The van der Waals surface area contributed by atoms with Crippen molar-refractivity contribution in [2.75, 3.05) is 20.3 Å². The van der Waals surface area contributed by atoms with Gasteiger partial charge in [-0.25, -0.2) is 0 Å². The molecule has 4 nitrogen and oxygen atoms in total. The second-order valence-electron chi connectivity index (χ2n) is 5.81. The number of aromatic nitrogens is 1. The topological polar surface area (TPSA) is 43.3 Å². The fourth-order valence-corrected chi connectivity index (χ4v) is 2.93. The Morgan fingerprint density at radius 3 is 2.32 bits per heavy atom. The van der Waals surface area contributed by atoms with Crippen molar-refractivity contribution in [1.82, 2.24) is 9.88 Å². The predicted molar refractivity (Wildman–Crippen MR) is 100 cm³/mol. The SMILES string of the molecule is COCCNC(=O)c1cc(-c2ccccc2)n(-c2ccccc2)c1C. The summed E-state index contributed by atoms with van der Waals surface area (Å²) >= 11 is 0. The van der Waals surface area contributed by atoms with Crippen LogP contribution in [0.4, 0.5) is 0 Å². The molecule has 25 heavy (non-hydrogen) atoms. The lowest BCUT2D eigenvalue weighted by Gasteiger charge is -2.12. The minimum atomic E-state index is -0.0820. The van der Waals surface area contributed by atoms with E-state index in [0.29, 0.717) is 18.7 Å². The van der Waals surface area contributed by atoms with Gasteiger partial charge in [-0.2, -0.15) is 0 Å². The predicted octanol–water partition coefficient (Wildman–Crippen LogP) is 3.83. The molecule has 4 heteroatoms. The van der Waals surface area contributed by atoms with E-state index in [0.717, 1.165) is 22.6 Å². The molecule has 0 saturated heterocycles. The Morgan fingerprint density at radius 2 is 1.68 bits per heavy atom. The summed E-state index contributed by atoms with van der Waals surface area (Å²) in [7, 11) is 1.62. The molecule has 1 amide bonds. The zero-order valence-electron chi connectivity index (χ0n) is 14.5. The standard InChI is InChI=1S/C21H22N2O2/c1-16-19(21(24)22-13-14-25-2)15-20(17-9-5-3-6-10-17)23(16)18-11-7-4-8-12-18/h3-12,15H,13-14H2,1-2H3,(H,22,24). The van der Waals surface area contributed by atoms with Crippen molar-refractivity contribution in [2.24, 2.45) is 0 Å². The maximum absolute atomic E-state index is 12.6. The average Bonchev–Trinajstić information content (AvgIpc) is 3.00. The van der Waals surface area contributed by atoms with Gasteiger partial charge in [0.1, 0.15) is 0 Å². The quantitative estimate of drug-likeness (QED) is 0.696. The molecular weight excluding hydrogens is 312 g/mol. The number of ether oxygens (including phenoxy) is 1. The Hall–Kier alpha value is -2.85. The van der Waals surface area contributed by atoms with E-state index >= 15 is 0 Å². The van der Waals surface area contributed by atoms with Crippen LogP contribution in [0.5, 0.6) is 0 Å². The maximum atomic E-state index is 12.6. The van der Waals surface area contributed by atoms with Gasteiger partial charge >= 0.3 is 0 Å². The minimum absolute atomic E-state index is 0.0820. The van der Waals surface area contributed by atoms with Crippen molar-refractivity contribution >= 4 is 5.91 Å². The van der Waals surface area contributed by atoms with Gasteiger partial charge in [-0.15, -0.1) is 0 Å². The van der Waals surface area contributed by atoms with Gasteiger partial charge in [0.25, 0.3) is 5.91 Å². The number of nitrogens with one attached hydrogen (secondary N) is 1. The monoisotopic (exact) mass is 334 g/mol. The maximum Gasteiger partial charge on any atom is 0.253 e. The third-order valence-electron chi connectivity index (χ3n) is 4.17. The van der Waals surface area contributed by atoms with E-state index in [9.17, 15) is 4.79 Å². The minimum Gasteiger partial charge on any atom is -0.383 e. The van der Waals surface area contributed by atoms with E-state index in [1.54, 1.807) is 7.11 Å². The molecule has 1 N–H and O–H groups in total. The van der Waals surface area contributed by atoms with Crippen LogP contribution in [0, 0.1) is 6.92 Å². The number of rotatable bonds is 6. The van der Waals surface area contributed by atoms with Crippen molar-refractivity contribution in [2.45, 2.75) is 6.92 Å². The lowest BCUT2D eigenvalue weighted by Crippen LogP contribution is -2.27. The van der Waals surface area contributed by atoms with Gasteiger partial charge in [-0.1, -0.05) is 48.5 Å². The molecular formula is C21H22N2O2. The van der Waals surface area contributed by atoms with E-state index in [1.807, 2.05) is 61.5 Å². The fraction of sp³-hybridized carbons (Fsp3) is 0.190. The number of methoxy groups -OCH3 is 1. The van der Waals surface area contributed by atoms with Gasteiger partial charge < -0.3 is 14.6 Å². The molecule has 128 valence electrons. The summed E-state index contributed by atoms with van der Waals surface area (Å²) in [5.74, 6) is -0.0820. The summed E-state index contributed by atoms with van der Waals surface area (Å²) < 4.78 is 7.13. The molecule has 3 aromatic rings. The number of amides is 1. The van der Waals surface area contributed by atoms with E-state index in [1.165, 1.54) is 0 Å². The van der Waals surface area contributed by atoms with Crippen molar-refractivity contribution < 1.29 is 9.53 Å². The summed E-state index contributed by atoms with van der Waals surface area (Å²) in [5, 5.41) is 2.91. The number of carbonyl (C=O) groups is 1. The highest BCUT2D eigenvalue weighted by molar-refractivity contribution is 5.97. The smallest absolute Gasteiger partial charge is 0.253 e. The Morgan fingerprint density at radius 1 is 1.04 bits per heavy atom. The summed E-state index contributed by atoms with van der Waals surface area (Å²) in [5.41, 5.74) is 4.71. The normalized spacial score (nSPS) is 10.6. The van der Waals surface area contributed by atoms with Crippen LogP contribution in [0.25, 0.3) is 16.9 Å². The van der Waals surface area contributed by atoms with Crippen molar-refractivity contribution in [3.8, 4) is 16.9 Å². The fourth-order valence-electron chi connectivity index (χ4n) is 2.93. The molecule has 1 aromatic heterocycles. The highest BCUT2D eigenvalue weighted by Crippen LogP contribution is 2.29. The molecule has 0 aliphatic rings. The molecule has 1 heterocycles. The molecule has 0 atom stereocenters. The van der Waals surface area contributed by atoms with Crippen LogP contribution >= 0.6 is 0 Å². The average molecular weight is 334 g/mol. The molecule has 0 unspecified atom stereocenters. The lowest BCUT2D eigenvalue weighted by molar-refractivity contribution is 0.0936. The molecule has 2 aromatic carbocycles. The van der Waals surface area contributed by atoms with Crippen LogP contribution in [0.1, 0.15) is 16.1 Å². The van der Waals surface area contributed by atoms with E-state index in [-0.39, 0.29) is 5.91 Å². The second-order valence-corrected chi connectivity index (χ2v) is 5.81. The van der Waals surface area contributed by atoms with Gasteiger partial charge in [0, 0.05) is 25.0 Å². The van der Waals surface area contributed by atoms with Gasteiger partial charge in [0.15, 0.2) is 0 Å².